The van der Waals surface area contributed by atoms with Gasteiger partial charge < -0.3 is 4.42 Å². The van der Waals surface area contributed by atoms with Gasteiger partial charge in [-0.25, -0.2) is 15.0 Å². The molecule has 3 aromatic heterocycles. The van der Waals surface area contributed by atoms with Crippen LogP contribution in [0.2, 0.25) is 0 Å². The summed E-state index contributed by atoms with van der Waals surface area (Å²) >= 11 is 1.79. The SMILES string of the molecule is CC1(C)c2ccccc2-c2cc(-c3ccc(-c4ccc5oc6cccc(-c7nc(-c8ccccc8)nc(-c8ccc9c(c8)sc8ccccc89)n7)c6c5c4)cc3)ccc21. The Labute approximate surface area is 345 Å². The van der Waals surface area contributed by atoms with Crippen LogP contribution in [0.1, 0.15) is 25.0 Å². The normalized spacial score (nSPS) is 13.1. The highest BCUT2D eigenvalue weighted by atomic mass is 32.1. The van der Waals surface area contributed by atoms with E-state index < -0.39 is 0 Å². The lowest BCUT2D eigenvalue weighted by atomic mass is 9.82. The van der Waals surface area contributed by atoms with Gasteiger partial charge >= 0.3 is 0 Å². The zero-order valence-corrected chi connectivity index (χ0v) is 33.2. The van der Waals surface area contributed by atoms with E-state index in [2.05, 4.69) is 147 Å². The molecule has 0 N–H and O–H groups in total. The summed E-state index contributed by atoms with van der Waals surface area (Å²) in [6, 6.07) is 62.5. The Morgan fingerprint density at radius 1 is 0.390 bits per heavy atom. The molecule has 1 aliphatic rings. The van der Waals surface area contributed by atoms with E-state index in [1.165, 1.54) is 53.6 Å². The summed E-state index contributed by atoms with van der Waals surface area (Å²) in [6.07, 6.45) is 0. The van der Waals surface area contributed by atoms with E-state index in [0.29, 0.717) is 17.5 Å². The molecule has 1 aliphatic carbocycles. The van der Waals surface area contributed by atoms with Crippen molar-refractivity contribution >= 4 is 53.4 Å². The predicted octanol–water partition coefficient (Wildman–Crippen LogP) is 14.8. The molecule has 59 heavy (non-hydrogen) atoms. The predicted molar refractivity (Wildman–Crippen MR) is 245 cm³/mol. The average molecular weight is 774 g/mol. The zero-order valence-electron chi connectivity index (χ0n) is 32.4. The van der Waals surface area contributed by atoms with Gasteiger partial charge in [0.1, 0.15) is 11.2 Å². The van der Waals surface area contributed by atoms with E-state index in [1.807, 2.05) is 42.5 Å². The van der Waals surface area contributed by atoms with Gasteiger partial charge in [0.25, 0.3) is 0 Å². The lowest BCUT2D eigenvalue weighted by Crippen LogP contribution is -2.14. The molecule has 0 bridgehead atoms. The fraction of sp³-hybridized carbons (Fsp3) is 0.0556. The van der Waals surface area contributed by atoms with Crippen LogP contribution < -0.4 is 0 Å². The molecular formula is C54H35N3OS. The molecule has 0 fully saturated rings. The first-order valence-electron chi connectivity index (χ1n) is 20.0. The van der Waals surface area contributed by atoms with Crippen LogP contribution in [0.25, 0.3) is 110 Å². The van der Waals surface area contributed by atoms with Crippen LogP contribution in [0.5, 0.6) is 0 Å². The molecule has 0 saturated carbocycles. The lowest BCUT2D eigenvalue weighted by Gasteiger charge is -2.21. The van der Waals surface area contributed by atoms with Crippen molar-refractivity contribution < 1.29 is 4.42 Å². The average Bonchev–Trinajstić information content (AvgIpc) is 3.93. The Bertz CT molecular complexity index is 3470. The zero-order chi connectivity index (χ0) is 39.2. The van der Waals surface area contributed by atoms with E-state index in [-0.39, 0.29) is 5.41 Å². The molecule has 0 saturated heterocycles. The number of furan rings is 1. The summed E-state index contributed by atoms with van der Waals surface area (Å²) in [5, 5.41) is 4.51. The van der Waals surface area contributed by atoms with Crippen LogP contribution in [0.15, 0.2) is 180 Å². The first kappa shape index (κ1) is 33.9. The summed E-state index contributed by atoms with van der Waals surface area (Å²) in [4.78, 5) is 15.4. The number of benzene rings is 8. The molecule has 278 valence electrons. The Morgan fingerprint density at radius 3 is 1.86 bits per heavy atom. The van der Waals surface area contributed by atoms with E-state index >= 15 is 0 Å². The molecule has 0 radical (unpaired) electrons. The first-order valence-corrected chi connectivity index (χ1v) is 20.8. The second-order valence-electron chi connectivity index (χ2n) is 16.0. The summed E-state index contributed by atoms with van der Waals surface area (Å²) < 4.78 is 8.97. The molecule has 0 aliphatic heterocycles. The van der Waals surface area contributed by atoms with Gasteiger partial charge in [-0.1, -0.05) is 153 Å². The van der Waals surface area contributed by atoms with Crippen molar-refractivity contribution in [1.82, 2.24) is 15.0 Å². The van der Waals surface area contributed by atoms with Crippen LogP contribution in [0.4, 0.5) is 0 Å². The number of thiophene rings is 1. The molecule has 8 aromatic carbocycles. The van der Waals surface area contributed by atoms with E-state index in [9.17, 15) is 0 Å². The van der Waals surface area contributed by atoms with Crippen molar-refractivity contribution in [2.24, 2.45) is 0 Å². The van der Waals surface area contributed by atoms with Crippen LogP contribution >= 0.6 is 11.3 Å². The molecule has 3 heterocycles. The quantitative estimate of drug-likeness (QED) is 0.175. The highest BCUT2D eigenvalue weighted by Gasteiger charge is 2.35. The van der Waals surface area contributed by atoms with Gasteiger partial charge in [0.15, 0.2) is 17.5 Å². The van der Waals surface area contributed by atoms with E-state index in [4.69, 9.17) is 19.4 Å². The summed E-state index contributed by atoms with van der Waals surface area (Å²) in [5.74, 6) is 1.87. The summed E-state index contributed by atoms with van der Waals surface area (Å²) in [7, 11) is 0. The number of fused-ring (bicyclic) bond motifs is 9. The van der Waals surface area contributed by atoms with Crippen LogP contribution in [0, 0.1) is 0 Å². The maximum absolute atomic E-state index is 6.50. The van der Waals surface area contributed by atoms with Gasteiger partial charge in [-0.2, -0.15) is 0 Å². The van der Waals surface area contributed by atoms with Crippen molar-refractivity contribution in [2.75, 3.05) is 0 Å². The highest BCUT2D eigenvalue weighted by molar-refractivity contribution is 7.25. The van der Waals surface area contributed by atoms with Crippen LogP contribution in [0.3, 0.4) is 0 Å². The minimum atomic E-state index is -0.00494. The van der Waals surface area contributed by atoms with Gasteiger partial charge in [0, 0.05) is 53.1 Å². The third-order valence-corrected chi connectivity index (χ3v) is 13.3. The molecule has 4 nitrogen and oxygen atoms in total. The number of hydrogen-bond acceptors (Lipinski definition) is 5. The topological polar surface area (TPSA) is 51.8 Å². The van der Waals surface area contributed by atoms with Gasteiger partial charge in [-0.05, 0) is 80.9 Å². The van der Waals surface area contributed by atoms with E-state index in [0.717, 1.165) is 49.8 Å². The Hall–Kier alpha value is -7.21. The largest absolute Gasteiger partial charge is 0.456 e. The summed E-state index contributed by atoms with van der Waals surface area (Å²) in [5.41, 5.74) is 14.5. The standard InChI is InChI=1S/C54H35N3OS/c1-54(2)44-16-8-6-13-38(44)42-29-35(24-27-45(42)54)32-19-21-33(22-20-32)36-25-28-46-43(30-36)50-41(15-10-17-47(50)58-46)53-56-51(34-11-4-3-5-12-34)55-52(57-53)37-23-26-40-39-14-7-9-18-48(39)59-49(40)31-37/h3-31H,1-2H3. The second-order valence-corrected chi connectivity index (χ2v) is 17.1. The minimum absolute atomic E-state index is 0.00494. The molecule has 12 rings (SSSR count). The fourth-order valence-electron chi connectivity index (χ4n) is 9.15. The number of rotatable bonds is 5. The Morgan fingerprint density at radius 2 is 1.02 bits per heavy atom. The van der Waals surface area contributed by atoms with Crippen molar-refractivity contribution in [3.8, 4) is 67.5 Å². The Kier molecular flexibility index (Phi) is 7.41. The second kappa shape index (κ2) is 12.9. The maximum Gasteiger partial charge on any atom is 0.164 e. The van der Waals surface area contributed by atoms with Gasteiger partial charge in [-0.15, -0.1) is 11.3 Å². The number of hydrogen-bond donors (Lipinski definition) is 0. The smallest absolute Gasteiger partial charge is 0.164 e. The van der Waals surface area contributed by atoms with Crippen molar-refractivity contribution in [3.05, 3.63) is 187 Å². The minimum Gasteiger partial charge on any atom is -0.456 e. The highest BCUT2D eigenvalue weighted by Crippen LogP contribution is 2.49. The molecule has 5 heteroatoms. The van der Waals surface area contributed by atoms with Crippen LogP contribution in [-0.2, 0) is 5.41 Å². The monoisotopic (exact) mass is 773 g/mol. The van der Waals surface area contributed by atoms with Crippen molar-refractivity contribution in [3.63, 3.8) is 0 Å². The maximum atomic E-state index is 6.50. The number of nitrogens with zero attached hydrogens (tertiary/aromatic N) is 3. The lowest BCUT2D eigenvalue weighted by molar-refractivity contribution is 0.660. The molecular weight excluding hydrogens is 739 g/mol. The Balaban J connectivity index is 0.954. The first-order chi connectivity index (χ1) is 29.0. The third kappa shape index (κ3) is 5.39. The van der Waals surface area contributed by atoms with E-state index in [1.54, 1.807) is 11.3 Å². The van der Waals surface area contributed by atoms with Crippen molar-refractivity contribution in [2.45, 2.75) is 19.3 Å². The molecule has 11 aromatic rings. The van der Waals surface area contributed by atoms with Crippen LogP contribution in [-0.4, -0.2) is 15.0 Å². The fourth-order valence-corrected chi connectivity index (χ4v) is 10.3. The molecule has 0 spiro atoms. The molecule has 0 atom stereocenters. The molecule has 0 unspecified atom stereocenters. The van der Waals surface area contributed by atoms with Crippen molar-refractivity contribution in [1.29, 1.82) is 0 Å². The third-order valence-electron chi connectivity index (χ3n) is 12.2. The number of aromatic nitrogens is 3. The van der Waals surface area contributed by atoms with Gasteiger partial charge in [0.2, 0.25) is 0 Å². The van der Waals surface area contributed by atoms with Gasteiger partial charge in [0.05, 0.1) is 0 Å². The molecule has 0 amide bonds. The van der Waals surface area contributed by atoms with Gasteiger partial charge in [-0.3, -0.25) is 0 Å². The summed E-state index contributed by atoms with van der Waals surface area (Å²) in [6.45, 7) is 4.65.